The smallest absolute Gasteiger partial charge is 0.257 e. The van der Waals surface area contributed by atoms with Crippen LogP contribution in [0.5, 0.6) is 5.75 Å². The minimum absolute atomic E-state index is 0.0336. The third-order valence-corrected chi connectivity index (χ3v) is 7.59. The van der Waals surface area contributed by atoms with Crippen LogP contribution in [-0.2, 0) is 11.2 Å². The van der Waals surface area contributed by atoms with Crippen LogP contribution in [0.1, 0.15) is 58.7 Å². The largest absolute Gasteiger partial charge is 0.491 e. The first-order chi connectivity index (χ1) is 17.1. The molecule has 1 unspecified atom stereocenters. The van der Waals surface area contributed by atoms with Gasteiger partial charge in [0.15, 0.2) is 0 Å². The SMILES string of the molecule is Cc1ccc(OCC2c3ccsc3CCN2C(=O)CN(C(=O)c2ccccc2F)C(C)(C)C)c(C)c1. The van der Waals surface area contributed by atoms with E-state index in [1.54, 1.807) is 23.5 Å². The van der Waals surface area contributed by atoms with Crippen molar-refractivity contribution in [1.82, 2.24) is 9.80 Å². The lowest BCUT2D eigenvalue weighted by Crippen LogP contribution is -2.53. The van der Waals surface area contributed by atoms with Crippen LogP contribution in [0.4, 0.5) is 4.39 Å². The number of nitrogens with zero attached hydrogens (tertiary/aromatic N) is 2. The fourth-order valence-corrected chi connectivity index (χ4v) is 5.55. The van der Waals surface area contributed by atoms with Gasteiger partial charge in [0.25, 0.3) is 5.91 Å². The fraction of sp³-hybridized carbons (Fsp3) is 0.379. The summed E-state index contributed by atoms with van der Waals surface area (Å²) in [4.78, 5) is 31.6. The number of rotatable bonds is 6. The zero-order valence-electron chi connectivity index (χ0n) is 21.5. The summed E-state index contributed by atoms with van der Waals surface area (Å²) in [6.07, 6.45) is 0.760. The van der Waals surface area contributed by atoms with Gasteiger partial charge >= 0.3 is 0 Å². The van der Waals surface area contributed by atoms with Gasteiger partial charge in [-0.15, -0.1) is 11.3 Å². The van der Waals surface area contributed by atoms with Crippen molar-refractivity contribution in [2.24, 2.45) is 0 Å². The molecule has 0 radical (unpaired) electrons. The Kier molecular flexibility index (Phi) is 7.50. The van der Waals surface area contributed by atoms with Gasteiger partial charge < -0.3 is 14.5 Å². The van der Waals surface area contributed by atoms with Crippen molar-refractivity contribution < 1.29 is 18.7 Å². The average molecular weight is 509 g/mol. The Hall–Kier alpha value is -3.19. The molecule has 1 aromatic heterocycles. The number of hydrogen-bond donors (Lipinski definition) is 0. The Morgan fingerprint density at radius 1 is 1.14 bits per heavy atom. The summed E-state index contributed by atoms with van der Waals surface area (Å²) in [5.41, 5.74) is 2.59. The summed E-state index contributed by atoms with van der Waals surface area (Å²) in [6, 6.07) is 13.7. The van der Waals surface area contributed by atoms with Crippen LogP contribution in [-0.4, -0.2) is 46.8 Å². The molecule has 5 nitrogen and oxygen atoms in total. The molecule has 3 aromatic rings. The third kappa shape index (κ3) is 5.46. The van der Waals surface area contributed by atoms with Gasteiger partial charge in [0, 0.05) is 17.0 Å². The van der Waals surface area contributed by atoms with E-state index in [2.05, 4.69) is 12.1 Å². The molecule has 0 spiro atoms. The Labute approximate surface area is 216 Å². The molecule has 7 heteroatoms. The molecule has 0 saturated carbocycles. The Bertz CT molecular complexity index is 1260. The van der Waals surface area contributed by atoms with Gasteiger partial charge in [0.1, 0.15) is 24.7 Å². The van der Waals surface area contributed by atoms with E-state index < -0.39 is 17.3 Å². The van der Waals surface area contributed by atoms with Crippen molar-refractivity contribution in [1.29, 1.82) is 0 Å². The van der Waals surface area contributed by atoms with Gasteiger partial charge in [0.2, 0.25) is 5.91 Å². The monoisotopic (exact) mass is 508 g/mol. The van der Waals surface area contributed by atoms with E-state index in [0.717, 1.165) is 28.9 Å². The number of hydrogen-bond acceptors (Lipinski definition) is 4. The number of halogens is 1. The second-order valence-electron chi connectivity index (χ2n) is 10.3. The molecule has 0 bridgehead atoms. The maximum atomic E-state index is 14.4. The number of benzene rings is 2. The van der Waals surface area contributed by atoms with Crippen LogP contribution in [0.3, 0.4) is 0 Å². The van der Waals surface area contributed by atoms with Gasteiger partial charge in [-0.25, -0.2) is 4.39 Å². The highest BCUT2D eigenvalue weighted by atomic mass is 32.1. The topological polar surface area (TPSA) is 49.9 Å². The van der Waals surface area contributed by atoms with Crippen molar-refractivity contribution >= 4 is 23.2 Å². The lowest BCUT2D eigenvalue weighted by Gasteiger charge is -2.40. The third-order valence-electron chi connectivity index (χ3n) is 6.59. The Morgan fingerprint density at radius 3 is 2.58 bits per heavy atom. The van der Waals surface area contributed by atoms with Crippen LogP contribution in [0.25, 0.3) is 0 Å². The zero-order chi connectivity index (χ0) is 26.0. The summed E-state index contributed by atoms with van der Waals surface area (Å²) in [5, 5.41) is 2.05. The maximum Gasteiger partial charge on any atom is 0.257 e. The van der Waals surface area contributed by atoms with Gasteiger partial charge in [-0.1, -0.05) is 29.8 Å². The number of fused-ring (bicyclic) bond motifs is 1. The standard InChI is InChI=1S/C29H33FN2O3S/c1-19-10-11-25(20(2)16-19)35-18-24-22-13-15-36-26(22)12-14-31(24)27(33)17-32(29(3,4)5)28(34)21-8-6-7-9-23(21)30/h6-11,13,15-16,24H,12,14,17-18H2,1-5H3. The van der Waals surface area contributed by atoms with Gasteiger partial charge in [-0.05, 0) is 81.8 Å². The summed E-state index contributed by atoms with van der Waals surface area (Å²) in [7, 11) is 0. The van der Waals surface area contributed by atoms with Crippen molar-refractivity contribution in [3.63, 3.8) is 0 Å². The Balaban J connectivity index is 1.58. The lowest BCUT2D eigenvalue weighted by atomic mass is 9.99. The van der Waals surface area contributed by atoms with Crippen molar-refractivity contribution in [3.05, 3.63) is 86.9 Å². The normalized spacial score (nSPS) is 15.4. The number of aryl methyl sites for hydroxylation is 2. The predicted octanol–water partition coefficient (Wildman–Crippen LogP) is 5.95. The van der Waals surface area contributed by atoms with Crippen molar-refractivity contribution in [3.8, 4) is 5.75 Å². The van der Waals surface area contributed by atoms with Crippen LogP contribution in [0.2, 0.25) is 0 Å². The van der Waals surface area contributed by atoms with Gasteiger partial charge in [0.05, 0.1) is 11.6 Å². The molecule has 2 amide bonds. The molecule has 1 atom stereocenters. The van der Waals surface area contributed by atoms with Crippen LogP contribution in [0, 0.1) is 19.7 Å². The molecule has 190 valence electrons. The van der Waals surface area contributed by atoms with Gasteiger partial charge in [-0.3, -0.25) is 9.59 Å². The second kappa shape index (κ2) is 10.4. The van der Waals surface area contributed by atoms with E-state index in [9.17, 15) is 14.0 Å². The minimum atomic E-state index is -0.677. The van der Waals surface area contributed by atoms with E-state index in [1.165, 1.54) is 21.9 Å². The molecule has 2 aromatic carbocycles. The van der Waals surface area contributed by atoms with E-state index in [1.807, 2.05) is 57.0 Å². The maximum absolute atomic E-state index is 14.4. The molecular weight excluding hydrogens is 475 g/mol. The van der Waals surface area contributed by atoms with Crippen LogP contribution in [0.15, 0.2) is 53.9 Å². The van der Waals surface area contributed by atoms with Crippen molar-refractivity contribution in [2.75, 3.05) is 19.7 Å². The van der Waals surface area contributed by atoms with E-state index in [4.69, 9.17) is 4.74 Å². The molecule has 36 heavy (non-hydrogen) atoms. The van der Waals surface area contributed by atoms with Crippen molar-refractivity contribution in [2.45, 2.75) is 52.6 Å². The molecule has 1 aliphatic heterocycles. The summed E-state index contributed by atoms with van der Waals surface area (Å²) in [5.74, 6) is -0.475. The molecular formula is C29H33FN2O3S. The van der Waals surface area contributed by atoms with Gasteiger partial charge in [-0.2, -0.15) is 0 Å². The minimum Gasteiger partial charge on any atom is -0.491 e. The number of ether oxygens (including phenoxy) is 1. The molecule has 0 aliphatic carbocycles. The second-order valence-corrected chi connectivity index (χ2v) is 11.3. The first kappa shape index (κ1) is 25.9. The highest BCUT2D eigenvalue weighted by Crippen LogP contribution is 2.35. The summed E-state index contributed by atoms with van der Waals surface area (Å²) >= 11 is 1.69. The molecule has 0 saturated heterocycles. The van der Waals surface area contributed by atoms with Crippen LogP contribution < -0.4 is 4.74 Å². The predicted molar refractivity (Wildman–Crippen MR) is 141 cm³/mol. The van der Waals surface area contributed by atoms with E-state index in [-0.39, 0.29) is 24.1 Å². The highest BCUT2D eigenvalue weighted by Gasteiger charge is 2.36. The van der Waals surface area contributed by atoms with E-state index in [0.29, 0.717) is 13.2 Å². The fourth-order valence-electron chi connectivity index (χ4n) is 4.62. The highest BCUT2D eigenvalue weighted by molar-refractivity contribution is 7.10. The van der Waals surface area contributed by atoms with E-state index >= 15 is 0 Å². The number of amides is 2. The molecule has 0 fully saturated rings. The first-order valence-corrected chi connectivity index (χ1v) is 13.1. The van der Waals surface area contributed by atoms with Crippen LogP contribution >= 0.6 is 11.3 Å². The quantitative estimate of drug-likeness (QED) is 0.413. The molecule has 0 N–H and O–H groups in total. The Morgan fingerprint density at radius 2 is 1.89 bits per heavy atom. The number of carbonyl (C=O) groups excluding carboxylic acids is 2. The average Bonchev–Trinajstić information content (AvgIpc) is 3.30. The summed E-state index contributed by atoms with van der Waals surface area (Å²) < 4.78 is 20.7. The number of carbonyl (C=O) groups is 2. The molecule has 1 aliphatic rings. The first-order valence-electron chi connectivity index (χ1n) is 12.2. The zero-order valence-corrected chi connectivity index (χ0v) is 22.3. The lowest BCUT2D eigenvalue weighted by molar-refractivity contribution is -0.136. The number of thiophene rings is 1. The molecule has 4 rings (SSSR count). The molecule has 2 heterocycles. The summed E-state index contributed by atoms with van der Waals surface area (Å²) in [6.45, 7) is 10.3.